The van der Waals surface area contributed by atoms with Gasteiger partial charge in [-0.3, -0.25) is 0 Å². The number of aromatic nitrogens is 1. The van der Waals surface area contributed by atoms with E-state index in [9.17, 15) is 0 Å². The van der Waals surface area contributed by atoms with E-state index in [4.69, 9.17) is 4.74 Å². The Kier molecular flexibility index (Phi) is 5.86. The Hall–Kier alpha value is -1.09. The van der Waals surface area contributed by atoms with Crippen LogP contribution < -0.4 is 10.1 Å². The van der Waals surface area contributed by atoms with Gasteiger partial charge in [-0.2, -0.15) is 0 Å². The van der Waals surface area contributed by atoms with E-state index in [1.54, 1.807) is 6.20 Å². The number of pyridine rings is 1. The molecule has 1 N–H and O–H groups in total. The van der Waals surface area contributed by atoms with E-state index in [0.717, 1.165) is 37.6 Å². The molecule has 1 aromatic rings. The van der Waals surface area contributed by atoms with Crippen molar-refractivity contribution in [3.8, 4) is 5.88 Å². The largest absolute Gasteiger partial charge is 0.477 e. The minimum absolute atomic E-state index is 0.526. The molecule has 0 spiro atoms. The number of nitrogens with zero attached hydrogens (tertiary/aromatic N) is 1. The number of ether oxygens (including phenoxy) is 1. The highest BCUT2D eigenvalue weighted by molar-refractivity contribution is 5.25. The van der Waals surface area contributed by atoms with Crippen molar-refractivity contribution < 1.29 is 4.74 Å². The van der Waals surface area contributed by atoms with Crippen molar-refractivity contribution in [2.75, 3.05) is 13.2 Å². The predicted octanol–water partition coefficient (Wildman–Crippen LogP) is 2.62. The van der Waals surface area contributed by atoms with E-state index >= 15 is 0 Å². The molecule has 0 aliphatic carbocycles. The van der Waals surface area contributed by atoms with Crippen LogP contribution >= 0.6 is 0 Å². The van der Waals surface area contributed by atoms with Crippen LogP contribution in [0.5, 0.6) is 5.88 Å². The van der Waals surface area contributed by atoms with E-state index in [2.05, 4.69) is 37.1 Å². The van der Waals surface area contributed by atoms with Gasteiger partial charge in [-0.05, 0) is 24.9 Å². The molecule has 1 rings (SSSR count). The number of hydrogen-bond donors (Lipinski definition) is 1. The molecule has 0 saturated carbocycles. The lowest BCUT2D eigenvalue weighted by molar-refractivity contribution is 0.258. The Morgan fingerprint density at radius 2 is 2.25 bits per heavy atom. The molecule has 0 unspecified atom stereocenters. The van der Waals surface area contributed by atoms with E-state index in [1.165, 1.54) is 0 Å². The Balaban J connectivity index is 2.53. The molecule has 16 heavy (non-hydrogen) atoms. The number of nitrogens with one attached hydrogen (secondary N) is 1. The molecular weight excluding hydrogens is 200 g/mol. The molecule has 1 heterocycles. The lowest BCUT2D eigenvalue weighted by Gasteiger charge is -2.12. The molecule has 3 nitrogen and oxygen atoms in total. The highest BCUT2D eigenvalue weighted by Gasteiger charge is 2.04. The molecule has 0 bridgehead atoms. The third-order valence-corrected chi connectivity index (χ3v) is 2.15. The molecular formula is C13H22N2O. The first-order valence-electron chi connectivity index (χ1n) is 6.01. The molecule has 0 aromatic carbocycles. The maximum absolute atomic E-state index is 5.68. The van der Waals surface area contributed by atoms with Crippen LogP contribution in [0.2, 0.25) is 0 Å². The summed E-state index contributed by atoms with van der Waals surface area (Å²) in [6, 6.07) is 4.01. The Bertz CT molecular complexity index is 300. The summed E-state index contributed by atoms with van der Waals surface area (Å²) in [5.41, 5.74) is 1.14. The average Bonchev–Trinajstić information content (AvgIpc) is 2.28. The molecule has 0 radical (unpaired) electrons. The highest BCUT2D eigenvalue weighted by atomic mass is 16.5. The third kappa shape index (κ3) is 4.62. The van der Waals surface area contributed by atoms with Crippen LogP contribution in [0.4, 0.5) is 0 Å². The maximum atomic E-state index is 5.68. The quantitative estimate of drug-likeness (QED) is 0.720. The zero-order chi connectivity index (χ0) is 11.8. The predicted molar refractivity (Wildman–Crippen MR) is 66.6 cm³/mol. The normalized spacial score (nSPS) is 10.8. The van der Waals surface area contributed by atoms with Crippen LogP contribution in [0.15, 0.2) is 18.3 Å². The van der Waals surface area contributed by atoms with Crippen LogP contribution in [0, 0.1) is 5.92 Å². The molecule has 90 valence electrons. The van der Waals surface area contributed by atoms with Crippen LogP contribution in [0.1, 0.15) is 32.8 Å². The van der Waals surface area contributed by atoms with E-state index in [1.807, 2.05) is 6.07 Å². The Labute approximate surface area is 98.2 Å². The fourth-order valence-corrected chi connectivity index (χ4v) is 1.33. The Morgan fingerprint density at radius 3 is 2.94 bits per heavy atom. The van der Waals surface area contributed by atoms with Crippen molar-refractivity contribution in [3.63, 3.8) is 0 Å². The van der Waals surface area contributed by atoms with Gasteiger partial charge in [0.2, 0.25) is 5.88 Å². The summed E-state index contributed by atoms with van der Waals surface area (Å²) in [5.74, 6) is 1.29. The van der Waals surface area contributed by atoms with Gasteiger partial charge < -0.3 is 10.1 Å². The van der Waals surface area contributed by atoms with Gasteiger partial charge >= 0.3 is 0 Å². The van der Waals surface area contributed by atoms with Gasteiger partial charge in [0.25, 0.3) is 0 Å². The monoisotopic (exact) mass is 222 g/mol. The molecule has 0 aliphatic heterocycles. The summed E-state index contributed by atoms with van der Waals surface area (Å²) < 4.78 is 5.68. The lowest BCUT2D eigenvalue weighted by Crippen LogP contribution is -2.16. The minimum Gasteiger partial charge on any atom is -0.477 e. The van der Waals surface area contributed by atoms with Crippen molar-refractivity contribution in [1.82, 2.24) is 10.3 Å². The first-order valence-corrected chi connectivity index (χ1v) is 6.01. The topological polar surface area (TPSA) is 34.2 Å². The van der Waals surface area contributed by atoms with Crippen molar-refractivity contribution >= 4 is 0 Å². The molecule has 0 atom stereocenters. The molecule has 1 aromatic heterocycles. The Morgan fingerprint density at radius 1 is 1.44 bits per heavy atom. The smallest absolute Gasteiger partial charge is 0.217 e. The first-order chi connectivity index (χ1) is 7.74. The van der Waals surface area contributed by atoms with Crippen molar-refractivity contribution in [2.24, 2.45) is 5.92 Å². The van der Waals surface area contributed by atoms with Gasteiger partial charge in [0.1, 0.15) is 0 Å². The van der Waals surface area contributed by atoms with Crippen LogP contribution in [-0.4, -0.2) is 18.1 Å². The molecule has 0 aliphatic rings. The van der Waals surface area contributed by atoms with Gasteiger partial charge in [-0.25, -0.2) is 4.98 Å². The standard InChI is InChI=1S/C13H22N2O/c1-4-7-14-9-12-6-5-8-15-13(12)16-10-11(2)3/h5-6,8,11,14H,4,7,9-10H2,1-3H3. The molecule has 0 amide bonds. The second-order valence-corrected chi connectivity index (χ2v) is 4.35. The summed E-state index contributed by atoms with van der Waals surface area (Å²) >= 11 is 0. The number of rotatable bonds is 7. The van der Waals surface area contributed by atoms with Crippen molar-refractivity contribution in [1.29, 1.82) is 0 Å². The highest BCUT2D eigenvalue weighted by Crippen LogP contribution is 2.14. The van der Waals surface area contributed by atoms with Crippen LogP contribution in [0.3, 0.4) is 0 Å². The van der Waals surface area contributed by atoms with Gasteiger partial charge in [0.15, 0.2) is 0 Å². The third-order valence-electron chi connectivity index (χ3n) is 2.15. The molecule has 0 fully saturated rings. The maximum Gasteiger partial charge on any atom is 0.217 e. The lowest BCUT2D eigenvalue weighted by atomic mass is 10.2. The first kappa shape index (κ1) is 13.0. The van der Waals surface area contributed by atoms with Crippen molar-refractivity contribution in [2.45, 2.75) is 33.7 Å². The zero-order valence-electron chi connectivity index (χ0n) is 10.5. The van der Waals surface area contributed by atoms with Gasteiger partial charge in [-0.1, -0.05) is 26.8 Å². The zero-order valence-corrected chi connectivity index (χ0v) is 10.5. The van der Waals surface area contributed by atoms with Crippen molar-refractivity contribution in [3.05, 3.63) is 23.9 Å². The molecule has 3 heteroatoms. The summed E-state index contributed by atoms with van der Waals surface area (Å²) in [7, 11) is 0. The van der Waals surface area contributed by atoms with Crippen LogP contribution in [0.25, 0.3) is 0 Å². The number of hydrogen-bond acceptors (Lipinski definition) is 3. The second kappa shape index (κ2) is 7.23. The van der Waals surface area contributed by atoms with E-state index < -0.39 is 0 Å². The summed E-state index contributed by atoms with van der Waals surface area (Å²) in [5, 5.41) is 3.36. The minimum atomic E-state index is 0.526. The second-order valence-electron chi connectivity index (χ2n) is 4.35. The average molecular weight is 222 g/mol. The van der Waals surface area contributed by atoms with E-state index in [-0.39, 0.29) is 0 Å². The summed E-state index contributed by atoms with van der Waals surface area (Å²) in [6.07, 6.45) is 2.92. The summed E-state index contributed by atoms with van der Waals surface area (Å²) in [4.78, 5) is 4.27. The summed E-state index contributed by atoms with van der Waals surface area (Å²) in [6.45, 7) is 9.01. The van der Waals surface area contributed by atoms with Gasteiger partial charge in [0.05, 0.1) is 6.61 Å². The fourth-order valence-electron chi connectivity index (χ4n) is 1.33. The molecule has 0 saturated heterocycles. The van der Waals surface area contributed by atoms with Gasteiger partial charge in [0, 0.05) is 18.3 Å². The SMILES string of the molecule is CCCNCc1cccnc1OCC(C)C. The van der Waals surface area contributed by atoms with Gasteiger partial charge in [-0.15, -0.1) is 0 Å². The van der Waals surface area contributed by atoms with Crippen LogP contribution in [-0.2, 0) is 6.54 Å². The fraction of sp³-hybridized carbons (Fsp3) is 0.615. The van der Waals surface area contributed by atoms with E-state index in [0.29, 0.717) is 5.92 Å².